The van der Waals surface area contributed by atoms with Gasteiger partial charge in [-0.15, -0.1) is 0 Å². The van der Waals surface area contributed by atoms with Crippen LogP contribution in [-0.2, 0) is 16.0 Å². The van der Waals surface area contributed by atoms with Gasteiger partial charge in [0, 0.05) is 139 Å². The van der Waals surface area contributed by atoms with E-state index >= 15 is 0 Å². The summed E-state index contributed by atoms with van der Waals surface area (Å²) in [5.74, 6) is -1.25. The minimum absolute atomic E-state index is 0. The number of nitrogen functional groups attached to an aromatic ring is 2. The molecule has 3 rings (SSSR count). The number of nitrogens with zero attached hydrogens (tertiary/aromatic N) is 3. The molecule has 41 heavy (non-hydrogen) atoms. The quantitative estimate of drug-likeness (QED) is 0.0923. The van der Waals surface area contributed by atoms with Crippen molar-refractivity contribution < 1.29 is 167 Å². The van der Waals surface area contributed by atoms with E-state index in [0.717, 1.165) is 18.4 Å². The summed E-state index contributed by atoms with van der Waals surface area (Å²) in [5.41, 5.74) is 17.7. The van der Waals surface area contributed by atoms with E-state index in [4.69, 9.17) is 38.3 Å². The molecule has 1 fully saturated rings. The van der Waals surface area contributed by atoms with Gasteiger partial charge in [0.2, 0.25) is 6.29 Å². The Labute approximate surface area is 349 Å². The van der Waals surface area contributed by atoms with Crippen molar-refractivity contribution in [2.24, 2.45) is 10.7 Å². The van der Waals surface area contributed by atoms with E-state index in [-0.39, 0.29) is 161 Å². The van der Waals surface area contributed by atoms with Gasteiger partial charge in [-0.25, -0.2) is 9.97 Å². The molecule has 0 saturated carbocycles. The number of nitrogens with one attached hydrogen (secondary N) is 1. The van der Waals surface area contributed by atoms with Crippen LogP contribution in [0.15, 0.2) is 29.3 Å². The zero-order chi connectivity index (χ0) is 28.0. The van der Waals surface area contributed by atoms with Crippen molar-refractivity contribution in [2.45, 2.75) is 56.9 Å². The topological polar surface area (TPSA) is 242 Å². The van der Waals surface area contributed by atoms with E-state index in [1.54, 1.807) is 12.1 Å². The zero-order valence-electron chi connectivity index (χ0n) is 22.2. The molecule has 3 radical (unpaired) electrons. The Morgan fingerprint density at radius 3 is 2.27 bits per heavy atom. The molecular formula is C23H30Ac3ClN7O7. The first-order valence-electron chi connectivity index (χ1n) is 11.6. The van der Waals surface area contributed by atoms with Crippen LogP contribution >= 0.6 is 11.6 Å². The molecule has 1 aliphatic rings. The monoisotopic (exact) mass is 1230 g/mol. The Morgan fingerprint density at radius 2 is 1.66 bits per heavy atom. The first-order chi connectivity index (χ1) is 18.0. The fourth-order valence-corrected chi connectivity index (χ4v) is 3.74. The van der Waals surface area contributed by atoms with Gasteiger partial charge in [-0.2, -0.15) is 0 Å². The predicted molar refractivity (Wildman–Crippen MR) is 137 cm³/mol. The van der Waals surface area contributed by atoms with Gasteiger partial charge in [0.1, 0.15) is 30.2 Å². The first kappa shape index (κ1) is 41.8. The molecule has 10 N–H and O–H groups in total. The van der Waals surface area contributed by atoms with Crippen LogP contribution in [0, 0.1) is 132 Å². The number of aliphatic hydroxyl groups is 3. The zero-order valence-corrected chi connectivity index (χ0v) is 37.2. The van der Waals surface area contributed by atoms with Crippen molar-refractivity contribution in [1.82, 2.24) is 15.3 Å². The van der Waals surface area contributed by atoms with Gasteiger partial charge in [0.15, 0.2) is 34.2 Å². The number of aliphatic hydroxyl groups excluding tert-OH is 3. The number of aliphatic imine (C=N–C) groups is 1. The smallest absolute Gasteiger partial charge is 0.280 e. The Morgan fingerprint density at radius 1 is 1.02 bits per heavy atom. The number of unbranched alkanes of at least 4 members (excludes halogenated alkanes) is 1. The van der Waals surface area contributed by atoms with Crippen LogP contribution in [0.3, 0.4) is 0 Å². The number of ketones is 1. The van der Waals surface area contributed by atoms with E-state index in [0.29, 0.717) is 18.7 Å². The molecule has 5 atom stereocenters. The SMILES string of the molecule is CC(=O)C1OC(Oc2ccc(CCCCN=C(N)NC(=O)c3nc(Cl)c(N)nc3N)cc2)C(O)C(O)C1O.[Ac].[Ac].[Ac]. The Hall–Kier alpha value is 0.765. The largest absolute Gasteiger partial charge is 0.462 e. The van der Waals surface area contributed by atoms with Crippen molar-refractivity contribution in [1.29, 1.82) is 0 Å². The summed E-state index contributed by atoms with van der Waals surface area (Å²) in [4.78, 5) is 35.5. The van der Waals surface area contributed by atoms with Crippen molar-refractivity contribution in [2.75, 3.05) is 18.0 Å². The standard InChI is InChI=1S/C23H30ClN7O7.3Ac/c1-10(32)17-15(34)14(33)16(35)22(38-17)37-12-7-5-11(6-8-12)4-2-3-9-28-23(27)31-21(36)13-19(25)30-20(26)18(24)29-13;;;/h5-8,14-17,22,33-35H,2-4,9H2,1H3,(H4,25,26,30)(H3,27,28,31,36);;;. The fraction of sp³-hybridized carbons (Fsp3) is 0.435. The summed E-state index contributed by atoms with van der Waals surface area (Å²) in [6.45, 7) is 1.57. The van der Waals surface area contributed by atoms with E-state index in [2.05, 4.69) is 20.3 Å². The van der Waals surface area contributed by atoms with Gasteiger partial charge < -0.3 is 42.0 Å². The van der Waals surface area contributed by atoms with Crippen molar-refractivity contribution in [3.8, 4) is 5.75 Å². The van der Waals surface area contributed by atoms with Gasteiger partial charge in [-0.3, -0.25) is 19.9 Å². The number of carbonyl (C=O) groups is 2. The molecule has 0 bridgehead atoms. The summed E-state index contributed by atoms with van der Waals surface area (Å²) in [7, 11) is 0. The molecular weight excluding hydrogens is 1200 g/mol. The number of rotatable bonds is 9. The number of hydrogen-bond acceptors (Lipinski definition) is 12. The number of hydrogen-bond donors (Lipinski definition) is 7. The minimum Gasteiger partial charge on any atom is -0.462 e. The predicted octanol–water partition coefficient (Wildman–Crippen LogP) is -0.863. The normalized spacial score (nSPS) is 21.9. The average molecular weight is 1230 g/mol. The molecule has 1 amide bonds. The third-order valence-electron chi connectivity index (χ3n) is 5.66. The molecule has 18 heteroatoms. The van der Waals surface area contributed by atoms with E-state index in [1.807, 2.05) is 12.1 Å². The number of benzene rings is 1. The van der Waals surface area contributed by atoms with E-state index in [9.17, 15) is 24.9 Å². The second-order valence-electron chi connectivity index (χ2n) is 8.58. The van der Waals surface area contributed by atoms with Crippen LogP contribution < -0.4 is 27.3 Å². The number of anilines is 2. The molecule has 1 aromatic carbocycles. The summed E-state index contributed by atoms with van der Waals surface area (Å²) < 4.78 is 10.9. The summed E-state index contributed by atoms with van der Waals surface area (Å²) in [6.07, 6.45) is -5.12. The Kier molecular flexibility index (Phi) is 20.4. The maximum Gasteiger partial charge on any atom is 0.280 e. The maximum atomic E-state index is 12.2. The second kappa shape index (κ2) is 20.0. The van der Waals surface area contributed by atoms with Gasteiger partial charge >= 0.3 is 0 Å². The molecule has 2 aromatic rings. The molecule has 1 saturated heterocycles. The third kappa shape index (κ3) is 12.2. The van der Waals surface area contributed by atoms with Gasteiger partial charge in [0.05, 0.1) is 0 Å². The van der Waals surface area contributed by atoms with Gasteiger partial charge in [-0.05, 0) is 43.9 Å². The molecule has 2 heterocycles. The average Bonchev–Trinajstić information content (AvgIpc) is 2.86. The van der Waals surface area contributed by atoms with Crippen LogP contribution in [0.2, 0.25) is 5.15 Å². The second-order valence-corrected chi connectivity index (χ2v) is 8.94. The minimum atomic E-state index is -1.59. The van der Waals surface area contributed by atoms with Crippen LogP contribution in [0.5, 0.6) is 5.75 Å². The van der Waals surface area contributed by atoms with Gasteiger partial charge in [-0.1, -0.05) is 23.7 Å². The fourth-order valence-electron chi connectivity index (χ4n) is 3.61. The summed E-state index contributed by atoms with van der Waals surface area (Å²) in [5, 5.41) is 32.2. The summed E-state index contributed by atoms with van der Waals surface area (Å²) in [6, 6.07) is 6.96. The number of Topliss-reactive ketones (excluding diaryl/α,β-unsaturated/α-hetero) is 1. The number of nitrogens with two attached hydrogens (primary N) is 3. The number of amides is 1. The van der Waals surface area contributed by atoms with Crippen LogP contribution in [0.1, 0.15) is 35.8 Å². The first-order valence-corrected chi connectivity index (χ1v) is 12.0. The molecule has 1 aromatic heterocycles. The Bertz CT molecular complexity index is 1200. The van der Waals surface area contributed by atoms with Crippen LogP contribution in [-0.4, -0.2) is 80.2 Å². The molecule has 5 unspecified atom stereocenters. The number of aryl methyl sites for hydroxylation is 1. The van der Waals surface area contributed by atoms with Crippen molar-refractivity contribution in [3.05, 3.63) is 40.7 Å². The number of carbonyl (C=O) groups excluding carboxylic acids is 2. The molecule has 14 nitrogen and oxygen atoms in total. The Balaban J connectivity index is 0.00000533. The molecule has 0 aliphatic carbocycles. The van der Waals surface area contributed by atoms with Crippen molar-refractivity contribution >= 4 is 40.9 Å². The molecule has 215 valence electrons. The number of ether oxygens (including phenoxy) is 2. The maximum absolute atomic E-state index is 12.2. The molecule has 1 aliphatic heterocycles. The van der Waals surface area contributed by atoms with E-state index in [1.165, 1.54) is 6.92 Å². The van der Waals surface area contributed by atoms with Gasteiger partial charge in [0.25, 0.3) is 5.91 Å². The number of guanidine groups is 1. The summed E-state index contributed by atoms with van der Waals surface area (Å²) >= 11 is 5.77. The number of halogens is 1. The number of aromatic nitrogens is 2. The third-order valence-corrected chi connectivity index (χ3v) is 5.94. The molecule has 0 spiro atoms. The van der Waals surface area contributed by atoms with Crippen LogP contribution in [0.4, 0.5) is 11.6 Å². The van der Waals surface area contributed by atoms with Crippen LogP contribution in [0.25, 0.3) is 0 Å². The van der Waals surface area contributed by atoms with Crippen molar-refractivity contribution in [3.63, 3.8) is 0 Å². The van der Waals surface area contributed by atoms with E-state index < -0.39 is 42.4 Å².